The average molecular weight is 604 g/mol. The Labute approximate surface area is 248 Å². The summed E-state index contributed by atoms with van der Waals surface area (Å²) >= 11 is 6.77. The standard InChI is InChI=1S/C30H21ClF3N7O2/c1-3-23(42)38-14-16-4-9-20(21(31)12-16)27-24(25-26(41(27)2)18(13-35)15-39-28(25)36)17-5-7-19(8-6-17)43-29-37-11-10-22(40-29)30(32,33)34/h3-12,15H,1,14H2,2H3,(H2,36,39)(H,38,42). The van der Waals surface area contributed by atoms with Crippen LogP contribution in [0.4, 0.5) is 19.0 Å². The second kappa shape index (κ2) is 11.5. The molecule has 3 N–H and O–H groups in total. The number of carbonyl (C=O) groups excluding carboxylic acids is 1. The van der Waals surface area contributed by atoms with Crippen molar-refractivity contribution in [1.82, 2.24) is 24.8 Å². The maximum atomic E-state index is 13.1. The van der Waals surface area contributed by atoms with Crippen molar-refractivity contribution in [3.8, 4) is 40.2 Å². The van der Waals surface area contributed by atoms with Crippen LogP contribution in [-0.4, -0.2) is 25.4 Å². The summed E-state index contributed by atoms with van der Waals surface area (Å²) in [7, 11) is 1.78. The quantitative estimate of drug-likeness (QED) is 0.205. The van der Waals surface area contributed by atoms with Gasteiger partial charge in [-0.1, -0.05) is 42.4 Å². The molecule has 0 aliphatic heterocycles. The smallest absolute Gasteiger partial charge is 0.424 e. The average Bonchev–Trinajstić information content (AvgIpc) is 3.29. The number of fused-ring (bicyclic) bond motifs is 1. The largest absolute Gasteiger partial charge is 0.433 e. The van der Waals surface area contributed by atoms with Crippen LogP contribution in [-0.2, 0) is 24.6 Å². The molecule has 2 aromatic carbocycles. The molecule has 0 fully saturated rings. The molecule has 0 radical (unpaired) electrons. The molecule has 3 heterocycles. The Morgan fingerprint density at radius 1 is 1.21 bits per heavy atom. The highest BCUT2D eigenvalue weighted by atomic mass is 35.5. The van der Waals surface area contributed by atoms with E-state index in [9.17, 15) is 23.2 Å². The minimum atomic E-state index is -4.65. The van der Waals surface area contributed by atoms with Crippen LogP contribution < -0.4 is 15.8 Å². The van der Waals surface area contributed by atoms with Crippen molar-refractivity contribution in [3.05, 3.63) is 95.4 Å². The highest BCUT2D eigenvalue weighted by Crippen LogP contribution is 2.45. The van der Waals surface area contributed by atoms with Gasteiger partial charge in [0, 0.05) is 37.1 Å². The molecule has 9 nitrogen and oxygen atoms in total. The number of pyridine rings is 1. The summed E-state index contributed by atoms with van der Waals surface area (Å²) in [5.41, 5.74) is 9.32. The van der Waals surface area contributed by atoms with Gasteiger partial charge in [-0.05, 0) is 41.5 Å². The number of aryl methyl sites for hydroxylation is 1. The fourth-order valence-corrected chi connectivity index (χ4v) is 4.94. The lowest BCUT2D eigenvalue weighted by molar-refractivity contribution is -0.141. The van der Waals surface area contributed by atoms with Crippen LogP contribution in [0, 0.1) is 11.3 Å². The van der Waals surface area contributed by atoms with Crippen molar-refractivity contribution >= 4 is 34.2 Å². The molecular formula is C30H21ClF3N7O2. The number of alkyl halides is 3. The van der Waals surface area contributed by atoms with Crippen LogP contribution in [0.2, 0.25) is 5.02 Å². The number of halogens is 4. The number of rotatable bonds is 7. The van der Waals surface area contributed by atoms with Crippen LogP contribution in [0.1, 0.15) is 16.8 Å². The Hall–Kier alpha value is -5.41. The van der Waals surface area contributed by atoms with Crippen LogP contribution in [0.25, 0.3) is 33.3 Å². The van der Waals surface area contributed by atoms with Gasteiger partial charge in [-0.15, -0.1) is 0 Å². The van der Waals surface area contributed by atoms with Crippen LogP contribution in [0.15, 0.2) is 73.6 Å². The van der Waals surface area contributed by atoms with Gasteiger partial charge in [-0.3, -0.25) is 4.79 Å². The van der Waals surface area contributed by atoms with Gasteiger partial charge < -0.3 is 20.4 Å². The van der Waals surface area contributed by atoms with Crippen molar-refractivity contribution in [2.24, 2.45) is 7.05 Å². The monoisotopic (exact) mass is 603 g/mol. The van der Waals surface area contributed by atoms with Gasteiger partial charge in [0.05, 0.1) is 27.2 Å². The Morgan fingerprint density at radius 3 is 2.60 bits per heavy atom. The van der Waals surface area contributed by atoms with E-state index < -0.39 is 17.9 Å². The molecular weight excluding hydrogens is 583 g/mol. The molecule has 0 unspecified atom stereocenters. The molecule has 13 heteroatoms. The number of nitrogens with two attached hydrogens (primary N) is 1. The summed E-state index contributed by atoms with van der Waals surface area (Å²) in [5, 5.41) is 13.4. The highest BCUT2D eigenvalue weighted by Gasteiger charge is 2.33. The number of carbonyl (C=O) groups is 1. The first-order chi connectivity index (χ1) is 20.5. The fourth-order valence-electron chi connectivity index (χ4n) is 4.65. The third-order valence-corrected chi connectivity index (χ3v) is 6.89. The molecule has 5 rings (SSSR count). The molecule has 5 aromatic rings. The van der Waals surface area contributed by atoms with Crippen molar-refractivity contribution < 1.29 is 22.7 Å². The van der Waals surface area contributed by atoms with Crippen molar-refractivity contribution in [1.29, 1.82) is 5.26 Å². The van der Waals surface area contributed by atoms with Crippen LogP contribution in [0.5, 0.6) is 11.8 Å². The molecule has 0 aliphatic carbocycles. The van der Waals surface area contributed by atoms with Gasteiger partial charge in [-0.25, -0.2) is 9.97 Å². The van der Waals surface area contributed by atoms with E-state index in [0.717, 1.165) is 17.8 Å². The SMILES string of the molecule is C=CC(=O)NCc1ccc(-c2c(-c3ccc(Oc4nccc(C(F)(F)F)n4)cc3)c3c(N)ncc(C#N)c3n2C)c(Cl)c1. The second-order valence-corrected chi connectivity index (χ2v) is 9.67. The van der Waals surface area contributed by atoms with Gasteiger partial charge in [-0.2, -0.15) is 23.4 Å². The number of aromatic nitrogens is 4. The first kappa shape index (κ1) is 29.1. The topological polar surface area (TPSA) is 132 Å². The minimum absolute atomic E-state index is 0.184. The van der Waals surface area contributed by atoms with Gasteiger partial charge in [0.25, 0.3) is 0 Å². The number of hydrogen-bond acceptors (Lipinski definition) is 7. The number of ether oxygens (including phenoxy) is 1. The number of nitrogens with zero attached hydrogens (tertiary/aromatic N) is 5. The third kappa shape index (κ3) is 5.71. The van der Waals surface area contributed by atoms with E-state index >= 15 is 0 Å². The normalized spacial score (nSPS) is 11.3. The molecule has 0 saturated carbocycles. The summed E-state index contributed by atoms with van der Waals surface area (Å²) < 4.78 is 46.5. The van der Waals surface area contributed by atoms with Crippen molar-refractivity contribution in [2.75, 3.05) is 5.73 Å². The van der Waals surface area contributed by atoms with E-state index in [4.69, 9.17) is 22.1 Å². The number of nitrogen functional groups attached to an aromatic ring is 1. The second-order valence-electron chi connectivity index (χ2n) is 9.26. The summed E-state index contributed by atoms with van der Waals surface area (Å²) in [6.45, 7) is 3.67. The summed E-state index contributed by atoms with van der Waals surface area (Å²) in [6.07, 6.45) is -1.12. The first-order valence-corrected chi connectivity index (χ1v) is 12.9. The van der Waals surface area contributed by atoms with Gasteiger partial charge in [0.2, 0.25) is 5.91 Å². The summed E-state index contributed by atoms with van der Waals surface area (Å²) in [5.74, 6) is 0.0521. The minimum Gasteiger partial charge on any atom is -0.424 e. The van der Waals surface area contributed by atoms with E-state index in [2.05, 4.69) is 32.9 Å². The van der Waals surface area contributed by atoms with Crippen LogP contribution >= 0.6 is 11.6 Å². The van der Waals surface area contributed by atoms with Crippen molar-refractivity contribution in [3.63, 3.8) is 0 Å². The Kier molecular flexibility index (Phi) is 7.76. The van der Waals surface area contributed by atoms with E-state index in [1.165, 1.54) is 12.3 Å². The lowest BCUT2D eigenvalue weighted by Crippen LogP contribution is -2.19. The van der Waals surface area contributed by atoms with E-state index in [1.807, 2.05) is 10.6 Å². The molecule has 43 heavy (non-hydrogen) atoms. The van der Waals surface area contributed by atoms with Crippen LogP contribution in [0.3, 0.4) is 0 Å². The molecule has 0 atom stereocenters. The molecule has 0 aliphatic rings. The Balaban J connectivity index is 1.61. The predicted molar refractivity (Wildman–Crippen MR) is 155 cm³/mol. The van der Waals surface area contributed by atoms with Gasteiger partial charge in [0.15, 0.2) is 5.69 Å². The highest BCUT2D eigenvalue weighted by molar-refractivity contribution is 6.34. The van der Waals surface area contributed by atoms with Gasteiger partial charge >= 0.3 is 12.2 Å². The zero-order valence-electron chi connectivity index (χ0n) is 22.4. The molecule has 1 amide bonds. The zero-order chi connectivity index (χ0) is 30.9. The molecule has 0 spiro atoms. The van der Waals surface area contributed by atoms with Gasteiger partial charge in [0.1, 0.15) is 17.6 Å². The molecule has 0 saturated heterocycles. The predicted octanol–water partition coefficient (Wildman–Crippen LogP) is 6.42. The number of nitrogens with one attached hydrogen (secondary N) is 1. The number of amides is 1. The summed E-state index contributed by atoms with van der Waals surface area (Å²) in [4.78, 5) is 23.0. The van der Waals surface area contributed by atoms with Crippen molar-refractivity contribution in [2.45, 2.75) is 12.7 Å². The molecule has 0 bridgehead atoms. The Morgan fingerprint density at radius 2 is 1.95 bits per heavy atom. The number of benzene rings is 2. The van der Waals surface area contributed by atoms with E-state index in [1.54, 1.807) is 43.4 Å². The summed E-state index contributed by atoms with van der Waals surface area (Å²) in [6, 6.07) is 14.2. The molecule has 3 aromatic heterocycles. The number of anilines is 1. The maximum absolute atomic E-state index is 13.1. The lowest BCUT2D eigenvalue weighted by atomic mass is 9.97. The third-order valence-electron chi connectivity index (χ3n) is 6.58. The Bertz CT molecular complexity index is 1930. The number of nitriles is 1. The molecule has 216 valence electrons. The van der Waals surface area contributed by atoms with E-state index in [0.29, 0.717) is 43.9 Å². The zero-order valence-corrected chi connectivity index (χ0v) is 23.2. The number of hydrogen-bond donors (Lipinski definition) is 2. The van der Waals surface area contributed by atoms with E-state index in [-0.39, 0.29) is 24.0 Å². The fraction of sp³-hybridized carbons (Fsp3) is 0.100. The maximum Gasteiger partial charge on any atom is 0.433 e. The first-order valence-electron chi connectivity index (χ1n) is 12.6. The lowest BCUT2D eigenvalue weighted by Gasteiger charge is -2.13.